The van der Waals surface area contributed by atoms with Gasteiger partial charge in [-0.3, -0.25) is 9.67 Å². The van der Waals surface area contributed by atoms with Crippen molar-refractivity contribution in [2.24, 2.45) is 4.99 Å². The summed E-state index contributed by atoms with van der Waals surface area (Å²) in [5.74, 6) is 0.780. The largest absolute Gasteiger partial charge is 0.380 e. The standard InChI is InChI=1S/C17H25N5O.HI/c1-3-23-11-9-19-17(18-2)20-13-15-6-4-7-16(12-15)14-22-10-5-8-21-22;/h4-8,10,12H,3,9,11,13-14H2,1-2H3,(H2,18,19,20);1H. The Hall–Kier alpha value is -1.61. The van der Waals surface area contributed by atoms with Crippen LogP contribution in [0.3, 0.4) is 0 Å². The Morgan fingerprint density at radius 1 is 1.25 bits per heavy atom. The first kappa shape index (κ1) is 20.4. The first-order chi connectivity index (χ1) is 11.3. The molecule has 0 saturated carbocycles. The van der Waals surface area contributed by atoms with Crippen molar-refractivity contribution in [3.05, 3.63) is 53.9 Å². The quantitative estimate of drug-likeness (QED) is 0.285. The molecule has 0 fully saturated rings. The average Bonchev–Trinajstić information content (AvgIpc) is 3.07. The van der Waals surface area contributed by atoms with E-state index < -0.39 is 0 Å². The summed E-state index contributed by atoms with van der Waals surface area (Å²) in [5, 5.41) is 10.8. The molecule has 0 bridgehead atoms. The summed E-state index contributed by atoms with van der Waals surface area (Å²) in [5.41, 5.74) is 2.44. The SMILES string of the molecule is CCOCCNC(=NC)NCc1cccc(Cn2cccn2)c1.I. The van der Waals surface area contributed by atoms with E-state index in [4.69, 9.17) is 4.74 Å². The van der Waals surface area contributed by atoms with Crippen LogP contribution in [0.4, 0.5) is 0 Å². The molecule has 2 N–H and O–H groups in total. The van der Waals surface area contributed by atoms with Crippen molar-refractivity contribution in [1.82, 2.24) is 20.4 Å². The Morgan fingerprint density at radius 2 is 2.08 bits per heavy atom. The number of guanidine groups is 1. The van der Waals surface area contributed by atoms with E-state index in [9.17, 15) is 0 Å². The summed E-state index contributed by atoms with van der Waals surface area (Å²) < 4.78 is 7.22. The zero-order chi connectivity index (χ0) is 16.3. The van der Waals surface area contributed by atoms with Crippen LogP contribution in [0.15, 0.2) is 47.7 Å². The molecule has 6 nitrogen and oxygen atoms in total. The first-order valence-corrected chi connectivity index (χ1v) is 7.89. The number of benzene rings is 1. The number of aliphatic imine (C=N–C) groups is 1. The van der Waals surface area contributed by atoms with E-state index in [0.29, 0.717) is 6.61 Å². The molecule has 0 spiro atoms. The Bertz CT molecular complexity index is 601. The van der Waals surface area contributed by atoms with E-state index in [-0.39, 0.29) is 24.0 Å². The summed E-state index contributed by atoms with van der Waals surface area (Å²) >= 11 is 0. The number of nitrogens with zero attached hydrogens (tertiary/aromatic N) is 3. The van der Waals surface area contributed by atoms with Gasteiger partial charge in [-0.05, 0) is 24.1 Å². The Morgan fingerprint density at radius 3 is 2.79 bits per heavy atom. The molecule has 1 heterocycles. The van der Waals surface area contributed by atoms with Gasteiger partial charge in [0.15, 0.2) is 5.96 Å². The number of rotatable bonds is 8. The molecular formula is C17H26IN5O. The molecule has 0 radical (unpaired) electrons. The molecule has 7 heteroatoms. The molecule has 0 aliphatic rings. The molecule has 1 aromatic carbocycles. The van der Waals surface area contributed by atoms with Gasteiger partial charge < -0.3 is 15.4 Å². The predicted molar refractivity (Wildman–Crippen MR) is 108 cm³/mol. The molecule has 0 amide bonds. The molecule has 0 atom stereocenters. The number of ether oxygens (including phenoxy) is 1. The fourth-order valence-corrected chi connectivity index (χ4v) is 2.21. The summed E-state index contributed by atoms with van der Waals surface area (Å²) in [6.45, 7) is 5.65. The Kier molecular flexibility index (Phi) is 10.1. The van der Waals surface area contributed by atoms with E-state index in [1.807, 2.05) is 23.9 Å². The molecule has 2 rings (SSSR count). The van der Waals surface area contributed by atoms with Crippen LogP contribution >= 0.6 is 24.0 Å². The summed E-state index contributed by atoms with van der Waals surface area (Å²) in [6, 6.07) is 10.4. The second-order valence-electron chi connectivity index (χ2n) is 5.07. The zero-order valence-corrected chi connectivity index (χ0v) is 16.6. The highest BCUT2D eigenvalue weighted by molar-refractivity contribution is 14.0. The third-order valence-electron chi connectivity index (χ3n) is 3.32. The van der Waals surface area contributed by atoms with Gasteiger partial charge in [0.1, 0.15) is 0 Å². The lowest BCUT2D eigenvalue weighted by molar-refractivity contribution is 0.152. The fraction of sp³-hybridized carbons (Fsp3) is 0.412. The van der Waals surface area contributed by atoms with E-state index in [0.717, 1.165) is 32.2 Å². The van der Waals surface area contributed by atoms with Gasteiger partial charge in [0.25, 0.3) is 0 Å². The van der Waals surface area contributed by atoms with Crippen LogP contribution in [0.1, 0.15) is 18.1 Å². The van der Waals surface area contributed by atoms with Gasteiger partial charge >= 0.3 is 0 Å². The summed E-state index contributed by atoms with van der Waals surface area (Å²) in [4.78, 5) is 4.21. The van der Waals surface area contributed by atoms with Crippen LogP contribution in [-0.2, 0) is 17.8 Å². The predicted octanol–water partition coefficient (Wildman–Crippen LogP) is 2.25. The molecule has 1 aromatic heterocycles. The van der Waals surface area contributed by atoms with Gasteiger partial charge in [-0.15, -0.1) is 24.0 Å². The Balaban J connectivity index is 0.00000288. The molecule has 132 valence electrons. The van der Waals surface area contributed by atoms with E-state index in [1.165, 1.54) is 11.1 Å². The van der Waals surface area contributed by atoms with Crippen molar-refractivity contribution >= 4 is 29.9 Å². The van der Waals surface area contributed by atoms with Crippen molar-refractivity contribution in [2.75, 3.05) is 26.8 Å². The smallest absolute Gasteiger partial charge is 0.191 e. The van der Waals surface area contributed by atoms with Gasteiger partial charge in [-0.25, -0.2) is 0 Å². The molecule has 0 unspecified atom stereocenters. The molecular weight excluding hydrogens is 417 g/mol. The van der Waals surface area contributed by atoms with Crippen molar-refractivity contribution < 1.29 is 4.74 Å². The maximum absolute atomic E-state index is 5.30. The van der Waals surface area contributed by atoms with Gasteiger partial charge in [-0.2, -0.15) is 5.10 Å². The number of hydrogen-bond donors (Lipinski definition) is 2. The zero-order valence-electron chi connectivity index (χ0n) is 14.2. The van der Waals surface area contributed by atoms with Crippen molar-refractivity contribution in [3.63, 3.8) is 0 Å². The average molecular weight is 443 g/mol. The maximum Gasteiger partial charge on any atom is 0.191 e. The number of aromatic nitrogens is 2. The first-order valence-electron chi connectivity index (χ1n) is 7.89. The van der Waals surface area contributed by atoms with E-state index in [2.05, 4.69) is 45.0 Å². The van der Waals surface area contributed by atoms with Gasteiger partial charge in [0, 0.05) is 39.1 Å². The topological polar surface area (TPSA) is 63.5 Å². The summed E-state index contributed by atoms with van der Waals surface area (Å²) in [6.07, 6.45) is 3.76. The fourth-order valence-electron chi connectivity index (χ4n) is 2.21. The van der Waals surface area contributed by atoms with Gasteiger partial charge in [0.2, 0.25) is 0 Å². The van der Waals surface area contributed by atoms with Crippen molar-refractivity contribution in [1.29, 1.82) is 0 Å². The third kappa shape index (κ3) is 7.31. The minimum atomic E-state index is 0. The highest BCUT2D eigenvalue weighted by Crippen LogP contribution is 2.06. The van der Waals surface area contributed by atoms with Gasteiger partial charge in [0.05, 0.1) is 13.2 Å². The van der Waals surface area contributed by atoms with Crippen molar-refractivity contribution in [3.8, 4) is 0 Å². The number of halogens is 1. The monoisotopic (exact) mass is 443 g/mol. The lowest BCUT2D eigenvalue weighted by Gasteiger charge is -2.12. The van der Waals surface area contributed by atoms with Crippen LogP contribution in [0.25, 0.3) is 0 Å². The molecule has 2 aromatic rings. The lowest BCUT2D eigenvalue weighted by Crippen LogP contribution is -2.38. The Labute approximate surface area is 160 Å². The number of nitrogens with one attached hydrogen (secondary N) is 2. The second kappa shape index (κ2) is 11.9. The molecule has 0 aliphatic heterocycles. The normalized spacial score (nSPS) is 11.0. The highest BCUT2D eigenvalue weighted by atomic mass is 127. The number of hydrogen-bond acceptors (Lipinski definition) is 3. The third-order valence-corrected chi connectivity index (χ3v) is 3.32. The minimum Gasteiger partial charge on any atom is -0.380 e. The van der Waals surface area contributed by atoms with Crippen molar-refractivity contribution in [2.45, 2.75) is 20.0 Å². The molecule has 0 saturated heterocycles. The second-order valence-corrected chi connectivity index (χ2v) is 5.07. The minimum absolute atomic E-state index is 0. The van der Waals surface area contributed by atoms with Crippen LogP contribution in [0, 0.1) is 0 Å². The molecule has 24 heavy (non-hydrogen) atoms. The van der Waals surface area contributed by atoms with E-state index in [1.54, 1.807) is 13.2 Å². The maximum atomic E-state index is 5.30. The van der Waals surface area contributed by atoms with Crippen LogP contribution in [0.2, 0.25) is 0 Å². The van der Waals surface area contributed by atoms with Gasteiger partial charge in [-0.1, -0.05) is 24.3 Å². The van der Waals surface area contributed by atoms with Crippen LogP contribution in [0.5, 0.6) is 0 Å². The summed E-state index contributed by atoms with van der Waals surface area (Å²) in [7, 11) is 1.77. The highest BCUT2D eigenvalue weighted by Gasteiger charge is 2.00. The van der Waals surface area contributed by atoms with E-state index >= 15 is 0 Å². The van der Waals surface area contributed by atoms with Crippen LogP contribution < -0.4 is 10.6 Å². The van der Waals surface area contributed by atoms with Crippen LogP contribution in [-0.4, -0.2) is 42.5 Å². The lowest BCUT2D eigenvalue weighted by atomic mass is 10.1. The molecule has 0 aliphatic carbocycles.